The minimum atomic E-state index is -0.807. The van der Waals surface area contributed by atoms with Crippen LogP contribution >= 0.6 is 0 Å². The maximum absolute atomic E-state index is 14.3. The molecule has 1 aromatic carbocycles. The van der Waals surface area contributed by atoms with Crippen LogP contribution in [0.1, 0.15) is 24.4 Å². The molecule has 0 radical (unpaired) electrons. The average Bonchev–Trinajstić information content (AvgIpc) is 3.05. The molecular formula is C18H27FN4O2. The Balaban J connectivity index is 2.20. The molecule has 0 saturated carbocycles. The Hall–Kier alpha value is -1.99. The van der Waals surface area contributed by atoms with Crippen LogP contribution in [0.4, 0.5) is 4.39 Å². The van der Waals surface area contributed by atoms with Crippen molar-refractivity contribution in [1.29, 1.82) is 0 Å². The fraction of sp³-hybridized carbons (Fsp3) is 0.556. The van der Waals surface area contributed by atoms with Gasteiger partial charge in [0.05, 0.1) is 6.04 Å². The van der Waals surface area contributed by atoms with Gasteiger partial charge >= 0.3 is 0 Å². The summed E-state index contributed by atoms with van der Waals surface area (Å²) in [6, 6.07) is 5.01. The lowest BCUT2D eigenvalue weighted by Gasteiger charge is -2.31. The van der Waals surface area contributed by atoms with Crippen LogP contribution in [0, 0.1) is 5.82 Å². The predicted octanol–water partition coefficient (Wildman–Crippen LogP) is 0.755. The Morgan fingerprint density at radius 3 is 2.72 bits per heavy atom. The number of carbonyl (C=O) groups excluding carboxylic acids is 2. The number of halogens is 1. The van der Waals surface area contributed by atoms with Crippen molar-refractivity contribution in [1.82, 2.24) is 20.4 Å². The number of amides is 2. The summed E-state index contributed by atoms with van der Waals surface area (Å²) in [6.07, 6.45) is 1.46. The largest absolute Gasteiger partial charge is 0.358 e. The molecule has 2 atom stereocenters. The first-order valence-corrected chi connectivity index (χ1v) is 8.60. The topological polar surface area (TPSA) is 64.7 Å². The third-order valence-corrected chi connectivity index (χ3v) is 4.48. The zero-order valence-electron chi connectivity index (χ0n) is 15.1. The van der Waals surface area contributed by atoms with Crippen molar-refractivity contribution >= 4 is 11.8 Å². The van der Waals surface area contributed by atoms with E-state index in [1.54, 1.807) is 18.2 Å². The van der Waals surface area contributed by atoms with E-state index in [1.807, 2.05) is 23.9 Å². The van der Waals surface area contributed by atoms with E-state index in [2.05, 4.69) is 10.6 Å². The van der Waals surface area contributed by atoms with Crippen LogP contribution in [0.2, 0.25) is 0 Å². The molecule has 2 amide bonds. The third-order valence-electron chi connectivity index (χ3n) is 4.48. The van der Waals surface area contributed by atoms with Gasteiger partial charge < -0.3 is 15.5 Å². The van der Waals surface area contributed by atoms with Gasteiger partial charge in [-0.2, -0.15) is 0 Å². The quantitative estimate of drug-likeness (QED) is 0.762. The van der Waals surface area contributed by atoms with Gasteiger partial charge in [-0.3, -0.25) is 14.5 Å². The van der Waals surface area contributed by atoms with Crippen molar-refractivity contribution in [2.24, 2.45) is 0 Å². The highest BCUT2D eigenvalue weighted by Gasteiger charge is 2.39. The van der Waals surface area contributed by atoms with Gasteiger partial charge in [0, 0.05) is 32.2 Å². The molecule has 2 rings (SSSR count). The molecule has 1 aliphatic rings. The molecule has 7 heteroatoms. The fourth-order valence-corrected chi connectivity index (χ4v) is 3.20. The van der Waals surface area contributed by atoms with Crippen molar-refractivity contribution in [2.45, 2.75) is 24.9 Å². The zero-order chi connectivity index (χ0) is 18.4. The highest BCUT2D eigenvalue weighted by Crippen LogP contribution is 2.31. The Labute approximate surface area is 148 Å². The normalized spacial score (nSPS) is 19.0. The molecule has 2 N–H and O–H groups in total. The van der Waals surface area contributed by atoms with E-state index in [4.69, 9.17) is 0 Å². The second kappa shape index (κ2) is 8.92. The van der Waals surface area contributed by atoms with Crippen LogP contribution in [0.3, 0.4) is 0 Å². The third kappa shape index (κ3) is 4.76. The molecule has 0 aromatic heterocycles. The van der Waals surface area contributed by atoms with Crippen LogP contribution in [0.5, 0.6) is 0 Å². The van der Waals surface area contributed by atoms with Gasteiger partial charge in [0.25, 0.3) is 0 Å². The van der Waals surface area contributed by atoms with E-state index >= 15 is 0 Å². The lowest BCUT2D eigenvalue weighted by atomic mass is 10.0. The van der Waals surface area contributed by atoms with Crippen molar-refractivity contribution < 1.29 is 14.0 Å². The summed E-state index contributed by atoms with van der Waals surface area (Å²) >= 11 is 0. The number of nitrogens with one attached hydrogen (secondary N) is 2. The Kier molecular flexibility index (Phi) is 6.90. The van der Waals surface area contributed by atoms with E-state index in [9.17, 15) is 14.0 Å². The molecular weight excluding hydrogens is 323 g/mol. The SMILES string of the molecule is CNC(=O)[C@@H](c1ccccc1F)N1CCC[C@H]1C(=O)NCCN(C)C. The standard InChI is InChI=1S/C18H27FN4O2/c1-20-18(25)16(13-7-4-5-8-14(13)19)23-11-6-9-15(23)17(24)21-10-12-22(2)3/h4-5,7-8,15-16H,6,9-12H2,1-3H3,(H,20,25)(H,21,24)/t15-,16+/m0/s1. The molecule has 138 valence electrons. The Morgan fingerprint density at radius 2 is 2.08 bits per heavy atom. The van der Waals surface area contributed by atoms with Crippen LogP contribution in [-0.2, 0) is 9.59 Å². The van der Waals surface area contributed by atoms with Gasteiger partial charge in [-0.05, 0) is 33.0 Å². The number of hydrogen-bond acceptors (Lipinski definition) is 4. The maximum atomic E-state index is 14.3. The molecule has 1 saturated heterocycles. The molecule has 0 bridgehead atoms. The van der Waals surface area contributed by atoms with E-state index in [1.165, 1.54) is 13.1 Å². The molecule has 1 aliphatic heterocycles. The second-order valence-corrected chi connectivity index (χ2v) is 6.53. The monoisotopic (exact) mass is 350 g/mol. The van der Waals surface area contributed by atoms with Gasteiger partial charge in [0.1, 0.15) is 11.9 Å². The average molecular weight is 350 g/mol. The number of likely N-dealkylation sites (tertiary alicyclic amines) is 1. The number of nitrogens with zero attached hydrogens (tertiary/aromatic N) is 2. The molecule has 1 heterocycles. The first-order valence-electron chi connectivity index (χ1n) is 8.60. The van der Waals surface area contributed by atoms with Gasteiger partial charge in [-0.15, -0.1) is 0 Å². The highest BCUT2D eigenvalue weighted by molar-refractivity contribution is 5.86. The van der Waals surface area contributed by atoms with Crippen molar-refractivity contribution in [3.8, 4) is 0 Å². The van der Waals surface area contributed by atoms with E-state index < -0.39 is 17.9 Å². The second-order valence-electron chi connectivity index (χ2n) is 6.53. The predicted molar refractivity (Wildman–Crippen MR) is 94.5 cm³/mol. The summed E-state index contributed by atoms with van der Waals surface area (Å²) in [5, 5.41) is 5.52. The minimum absolute atomic E-state index is 0.107. The number of hydrogen-bond donors (Lipinski definition) is 2. The summed E-state index contributed by atoms with van der Waals surface area (Å²) in [7, 11) is 5.40. The van der Waals surface area contributed by atoms with Crippen molar-refractivity contribution in [2.75, 3.05) is 40.8 Å². The van der Waals surface area contributed by atoms with Crippen LogP contribution in [0.15, 0.2) is 24.3 Å². The molecule has 0 unspecified atom stereocenters. The van der Waals surface area contributed by atoms with E-state index in [0.717, 1.165) is 13.0 Å². The van der Waals surface area contributed by atoms with Gasteiger partial charge in [-0.1, -0.05) is 18.2 Å². The summed E-state index contributed by atoms with van der Waals surface area (Å²) in [5.74, 6) is -0.850. The van der Waals surface area contributed by atoms with Crippen LogP contribution < -0.4 is 10.6 Å². The zero-order valence-corrected chi connectivity index (χ0v) is 15.1. The fourth-order valence-electron chi connectivity index (χ4n) is 3.20. The number of benzene rings is 1. The van der Waals surface area contributed by atoms with Crippen molar-refractivity contribution in [3.63, 3.8) is 0 Å². The molecule has 0 spiro atoms. The summed E-state index contributed by atoms with van der Waals surface area (Å²) < 4.78 is 14.3. The lowest BCUT2D eigenvalue weighted by molar-refractivity contribution is -0.131. The maximum Gasteiger partial charge on any atom is 0.241 e. The summed E-state index contributed by atoms with van der Waals surface area (Å²) in [4.78, 5) is 28.8. The van der Waals surface area contributed by atoms with Gasteiger partial charge in [-0.25, -0.2) is 4.39 Å². The lowest BCUT2D eigenvalue weighted by Crippen LogP contribution is -2.49. The summed E-state index contributed by atoms with van der Waals surface area (Å²) in [5.41, 5.74) is 0.301. The number of rotatable bonds is 7. The Morgan fingerprint density at radius 1 is 1.36 bits per heavy atom. The van der Waals surface area contributed by atoms with Crippen LogP contribution in [0.25, 0.3) is 0 Å². The molecule has 0 aliphatic carbocycles. The smallest absolute Gasteiger partial charge is 0.241 e. The molecule has 25 heavy (non-hydrogen) atoms. The minimum Gasteiger partial charge on any atom is -0.358 e. The molecule has 6 nitrogen and oxygen atoms in total. The number of likely N-dealkylation sites (N-methyl/N-ethyl adjacent to an activating group) is 2. The van der Waals surface area contributed by atoms with Gasteiger partial charge in [0.15, 0.2) is 0 Å². The summed E-state index contributed by atoms with van der Waals surface area (Å²) in [6.45, 7) is 1.86. The highest BCUT2D eigenvalue weighted by atomic mass is 19.1. The molecule has 1 aromatic rings. The Bertz CT molecular complexity index is 608. The van der Waals surface area contributed by atoms with Crippen molar-refractivity contribution in [3.05, 3.63) is 35.6 Å². The first kappa shape index (κ1) is 19.3. The molecule has 1 fully saturated rings. The van der Waals surface area contributed by atoms with E-state index in [-0.39, 0.29) is 11.8 Å². The number of carbonyl (C=O) groups is 2. The van der Waals surface area contributed by atoms with E-state index in [0.29, 0.717) is 25.1 Å². The first-order chi connectivity index (χ1) is 12.0. The van der Waals surface area contributed by atoms with Gasteiger partial charge in [0.2, 0.25) is 11.8 Å². The van der Waals surface area contributed by atoms with Crippen LogP contribution in [-0.4, -0.2) is 68.4 Å².